The van der Waals surface area contributed by atoms with Gasteiger partial charge >= 0.3 is 0 Å². The molecule has 0 spiro atoms. The van der Waals surface area contributed by atoms with Crippen molar-refractivity contribution in [1.82, 2.24) is 4.90 Å². The molecule has 2 N–H and O–H groups in total. The molecule has 0 heterocycles. The molecule has 4 nitrogen and oxygen atoms in total. The summed E-state index contributed by atoms with van der Waals surface area (Å²) in [5.41, 5.74) is 1.06. The number of rotatable bonds is 5. The lowest BCUT2D eigenvalue weighted by Crippen LogP contribution is -2.39. The normalized spacial score (nSPS) is 22.6. The van der Waals surface area contributed by atoms with Crippen LogP contribution < -0.4 is 0 Å². The van der Waals surface area contributed by atoms with Gasteiger partial charge in [-0.2, -0.15) is 5.26 Å². The third-order valence-corrected chi connectivity index (χ3v) is 3.99. The highest BCUT2D eigenvalue weighted by molar-refractivity contribution is 5.27. The van der Waals surface area contributed by atoms with Gasteiger partial charge in [-0.1, -0.05) is 12.1 Å². The van der Waals surface area contributed by atoms with Gasteiger partial charge in [0, 0.05) is 25.6 Å². The van der Waals surface area contributed by atoms with Crippen molar-refractivity contribution in [2.24, 2.45) is 0 Å². The minimum atomic E-state index is -0.162. The molecular formula is C16H22N2O2. The third kappa shape index (κ3) is 4.22. The molecule has 0 amide bonds. The number of aromatic hydroxyl groups is 1. The van der Waals surface area contributed by atoms with Gasteiger partial charge in [-0.15, -0.1) is 0 Å². The van der Waals surface area contributed by atoms with Crippen molar-refractivity contribution in [3.63, 3.8) is 0 Å². The summed E-state index contributed by atoms with van der Waals surface area (Å²) in [6.45, 7) is 1.49. The molecule has 1 aromatic carbocycles. The number of benzene rings is 1. The Morgan fingerprint density at radius 2 is 2.00 bits per heavy atom. The highest BCUT2D eigenvalue weighted by Crippen LogP contribution is 2.25. The van der Waals surface area contributed by atoms with Crippen LogP contribution in [0.15, 0.2) is 24.3 Å². The Morgan fingerprint density at radius 1 is 1.25 bits per heavy atom. The van der Waals surface area contributed by atoms with Crippen molar-refractivity contribution in [3.05, 3.63) is 29.8 Å². The van der Waals surface area contributed by atoms with E-state index in [-0.39, 0.29) is 11.9 Å². The first-order chi connectivity index (χ1) is 9.69. The second-order valence-electron chi connectivity index (χ2n) is 5.51. The van der Waals surface area contributed by atoms with E-state index in [1.54, 1.807) is 12.1 Å². The Kier molecular flexibility index (Phi) is 5.40. The van der Waals surface area contributed by atoms with Gasteiger partial charge in [0.1, 0.15) is 5.75 Å². The molecule has 1 aliphatic rings. The number of hydrogen-bond donors (Lipinski definition) is 2. The van der Waals surface area contributed by atoms with E-state index in [9.17, 15) is 10.2 Å². The maximum Gasteiger partial charge on any atom is 0.115 e. The fourth-order valence-corrected chi connectivity index (χ4v) is 2.90. The van der Waals surface area contributed by atoms with Gasteiger partial charge in [0.15, 0.2) is 0 Å². The van der Waals surface area contributed by atoms with E-state index in [4.69, 9.17) is 5.26 Å². The van der Waals surface area contributed by atoms with Gasteiger partial charge in [0.25, 0.3) is 0 Å². The molecule has 1 aromatic rings. The zero-order valence-electron chi connectivity index (χ0n) is 11.7. The van der Waals surface area contributed by atoms with Crippen LogP contribution >= 0.6 is 0 Å². The largest absolute Gasteiger partial charge is 0.508 e. The second-order valence-corrected chi connectivity index (χ2v) is 5.51. The van der Waals surface area contributed by atoms with Crippen LogP contribution in [-0.2, 0) is 6.54 Å². The van der Waals surface area contributed by atoms with Gasteiger partial charge in [-0.25, -0.2) is 0 Å². The summed E-state index contributed by atoms with van der Waals surface area (Å²) in [4.78, 5) is 2.31. The molecule has 0 radical (unpaired) electrons. The Bertz CT molecular complexity index is 462. The molecule has 0 saturated heterocycles. The Morgan fingerprint density at radius 3 is 2.65 bits per heavy atom. The molecule has 2 rings (SSSR count). The smallest absolute Gasteiger partial charge is 0.115 e. The number of nitrogens with zero attached hydrogens (tertiary/aromatic N) is 2. The number of phenolic OH excluding ortho intramolecular Hbond substituents is 1. The summed E-state index contributed by atoms with van der Waals surface area (Å²) >= 11 is 0. The number of nitriles is 1. The standard InChI is InChI=1S/C16H22N2O2/c17-9-2-10-18(14-5-7-15(19)8-6-14)12-13-3-1-4-16(20)11-13/h1,3-4,11,14-15,19-20H,2,5-8,10,12H2. The van der Waals surface area contributed by atoms with E-state index in [1.165, 1.54) is 0 Å². The summed E-state index contributed by atoms with van der Waals surface area (Å²) in [6, 6.07) is 9.91. The van der Waals surface area contributed by atoms with E-state index < -0.39 is 0 Å². The lowest BCUT2D eigenvalue weighted by atomic mass is 9.91. The van der Waals surface area contributed by atoms with Gasteiger partial charge in [-0.3, -0.25) is 4.90 Å². The lowest BCUT2D eigenvalue weighted by molar-refractivity contribution is 0.0712. The van der Waals surface area contributed by atoms with Gasteiger partial charge < -0.3 is 10.2 Å². The molecule has 0 unspecified atom stereocenters. The van der Waals surface area contributed by atoms with E-state index in [0.29, 0.717) is 12.5 Å². The molecule has 0 bridgehead atoms. The van der Waals surface area contributed by atoms with Gasteiger partial charge in [-0.05, 0) is 43.4 Å². The highest BCUT2D eigenvalue weighted by atomic mass is 16.3. The monoisotopic (exact) mass is 274 g/mol. The fourth-order valence-electron chi connectivity index (χ4n) is 2.90. The maximum atomic E-state index is 9.61. The van der Waals surface area contributed by atoms with Gasteiger partial charge in [0.05, 0.1) is 12.2 Å². The predicted octanol–water partition coefficient (Wildman–Crippen LogP) is 2.41. The summed E-state index contributed by atoms with van der Waals surface area (Å²) in [5, 5.41) is 28.0. The molecule has 1 fully saturated rings. The van der Waals surface area contributed by atoms with Crippen LogP contribution in [0.1, 0.15) is 37.7 Å². The highest BCUT2D eigenvalue weighted by Gasteiger charge is 2.24. The molecular weight excluding hydrogens is 252 g/mol. The molecule has 1 saturated carbocycles. The molecule has 0 atom stereocenters. The first kappa shape index (κ1) is 14.8. The van der Waals surface area contributed by atoms with Crippen molar-refractivity contribution in [2.45, 2.75) is 50.8 Å². The van der Waals surface area contributed by atoms with E-state index in [2.05, 4.69) is 11.0 Å². The predicted molar refractivity (Wildman–Crippen MR) is 77.0 cm³/mol. The summed E-state index contributed by atoms with van der Waals surface area (Å²) < 4.78 is 0. The minimum Gasteiger partial charge on any atom is -0.508 e. The van der Waals surface area contributed by atoms with Crippen LogP contribution in [0, 0.1) is 11.3 Å². The first-order valence-corrected chi connectivity index (χ1v) is 7.26. The number of hydrogen-bond acceptors (Lipinski definition) is 4. The zero-order valence-corrected chi connectivity index (χ0v) is 11.7. The summed E-state index contributed by atoms with van der Waals surface area (Å²) in [7, 11) is 0. The Balaban J connectivity index is 2.01. The van der Waals surface area contributed by atoms with Crippen LogP contribution in [-0.4, -0.2) is 33.8 Å². The fraction of sp³-hybridized carbons (Fsp3) is 0.562. The van der Waals surface area contributed by atoms with E-state index in [1.807, 2.05) is 12.1 Å². The molecule has 0 aliphatic heterocycles. The molecule has 1 aliphatic carbocycles. The van der Waals surface area contributed by atoms with Gasteiger partial charge in [0.2, 0.25) is 0 Å². The third-order valence-electron chi connectivity index (χ3n) is 3.99. The molecule has 0 aromatic heterocycles. The maximum absolute atomic E-state index is 9.61. The van der Waals surface area contributed by atoms with Crippen molar-refractivity contribution in [2.75, 3.05) is 6.54 Å². The Labute approximate surface area is 120 Å². The lowest BCUT2D eigenvalue weighted by Gasteiger charge is -2.35. The van der Waals surface area contributed by atoms with E-state index in [0.717, 1.165) is 44.3 Å². The van der Waals surface area contributed by atoms with Crippen molar-refractivity contribution in [3.8, 4) is 11.8 Å². The first-order valence-electron chi connectivity index (χ1n) is 7.26. The van der Waals surface area contributed by atoms with Crippen molar-refractivity contribution >= 4 is 0 Å². The number of aliphatic hydroxyl groups is 1. The van der Waals surface area contributed by atoms with Crippen LogP contribution in [0.25, 0.3) is 0 Å². The number of phenols is 1. The molecule has 108 valence electrons. The van der Waals surface area contributed by atoms with Crippen molar-refractivity contribution in [1.29, 1.82) is 5.26 Å². The quantitative estimate of drug-likeness (QED) is 0.865. The summed E-state index contributed by atoms with van der Waals surface area (Å²) in [5.74, 6) is 0.279. The second kappa shape index (κ2) is 7.28. The van der Waals surface area contributed by atoms with Crippen LogP contribution in [0.2, 0.25) is 0 Å². The van der Waals surface area contributed by atoms with Crippen LogP contribution in [0.5, 0.6) is 5.75 Å². The number of aliphatic hydroxyl groups excluding tert-OH is 1. The topological polar surface area (TPSA) is 67.5 Å². The average molecular weight is 274 g/mol. The average Bonchev–Trinajstić information content (AvgIpc) is 2.44. The molecule has 4 heteroatoms. The van der Waals surface area contributed by atoms with Crippen molar-refractivity contribution < 1.29 is 10.2 Å². The molecule has 20 heavy (non-hydrogen) atoms. The van der Waals surface area contributed by atoms with E-state index >= 15 is 0 Å². The zero-order chi connectivity index (χ0) is 14.4. The van der Waals surface area contributed by atoms with Crippen LogP contribution in [0.4, 0.5) is 0 Å². The minimum absolute atomic E-state index is 0.162. The van der Waals surface area contributed by atoms with Crippen LogP contribution in [0.3, 0.4) is 0 Å². The Hall–Kier alpha value is -1.57. The summed E-state index contributed by atoms with van der Waals surface area (Å²) in [6.07, 6.45) is 3.99. The SMILES string of the molecule is N#CCCN(Cc1cccc(O)c1)C1CCC(O)CC1.